The number of nitrogens with one attached hydrogen (secondary N) is 2. The Hall–Kier alpha value is -2.13. The predicted octanol–water partition coefficient (Wildman–Crippen LogP) is 4.85. The van der Waals surface area contributed by atoms with Crippen molar-refractivity contribution in [1.82, 2.24) is 0 Å². The van der Waals surface area contributed by atoms with E-state index in [0.29, 0.717) is 40.7 Å². The Kier molecular flexibility index (Phi) is 7.20. The van der Waals surface area contributed by atoms with Crippen LogP contribution in [0.1, 0.15) is 25.3 Å². The van der Waals surface area contributed by atoms with Gasteiger partial charge in [-0.1, -0.05) is 24.8 Å². The number of thioether (sulfide) groups is 1. The van der Waals surface area contributed by atoms with Crippen LogP contribution in [0.15, 0.2) is 52.3 Å². The van der Waals surface area contributed by atoms with Gasteiger partial charge < -0.3 is 5.32 Å². The van der Waals surface area contributed by atoms with Gasteiger partial charge in [0.25, 0.3) is 15.8 Å². The summed E-state index contributed by atoms with van der Waals surface area (Å²) in [7, 11) is -3.91. The highest BCUT2D eigenvalue weighted by Crippen LogP contribution is 2.28. The third-order valence-corrected chi connectivity index (χ3v) is 5.82. The molecular formula is C18H20F2N2O3S2. The maximum Gasteiger partial charge on any atom is 0.288 e. The van der Waals surface area contributed by atoms with Crippen molar-refractivity contribution in [2.75, 3.05) is 10.0 Å². The SMILES string of the molecule is CCCC(=O)Nc1ccc(C)c(S(=O)(=O)Nc2ccc(SC(F)F)cc2)c1. The standard InChI is InChI=1S/C18H20F2N2O3S2/c1-3-4-17(23)21-14-6-5-12(2)16(11-14)27(24,25)22-13-7-9-15(10-8-13)26-18(19)20/h5-11,18,22H,3-4H2,1-2H3,(H,21,23). The summed E-state index contributed by atoms with van der Waals surface area (Å²) in [5.74, 6) is -2.73. The lowest BCUT2D eigenvalue weighted by atomic mass is 10.2. The molecule has 2 aromatic rings. The van der Waals surface area contributed by atoms with E-state index >= 15 is 0 Å². The van der Waals surface area contributed by atoms with Gasteiger partial charge in [-0.2, -0.15) is 8.78 Å². The van der Waals surface area contributed by atoms with Crippen molar-refractivity contribution in [3.63, 3.8) is 0 Å². The quantitative estimate of drug-likeness (QED) is 0.606. The number of rotatable bonds is 8. The number of halogens is 2. The summed E-state index contributed by atoms with van der Waals surface area (Å²) in [6.07, 6.45) is 1.03. The van der Waals surface area contributed by atoms with Crippen LogP contribution in [0, 0.1) is 6.92 Å². The van der Waals surface area contributed by atoms with Crippen LogP contribution in [0.5, 0.6) is 0 Å². The van der Waals surface area contributed by atoms with E-state index in [9.17, 15) is 22.0 Å². The molecule has 0 fully saturated rings. The van der Waals surface area contributed by atoms with E-state index in [1.165, 1.54) is 30.3 Å². The number of anilines is 2. The highest BCUT2D eigenvalue weighted by Gasteiger charge is 2.18. The number of hydrogen-bond acceptors (Lipinski definition) is 4. The lowest BCUT2D eigenvalue weighted by Crippen LogP contribution is -2.16. The molecule has 2 N–H and O–H groups in total. The van der Waals surface area contributed by atoms with E-state index in [1.807, 2.05) is 6.92 Å². The second-order valence-corrected chi connectivity index (χ2v) is 8.50. The van der Waals surface area contributed by atoms with Gasteiger partial charge in [0, 0.05) is 22.7 Å². The van der Waals surface area contributed by atoms with Crippen LogP contribution in [-0.4, -0.2) is 20.1 Å². The molecule has 27 heavy (non-hydrogen) atoms. The van der Waals surface area contributed by atoms with Gasteiger partial charge in [0.1, 0.15) is 0 Å². The van der Waals surface area contributed by atoms with Gasteiger partial charge in [0.2, 0.25) is 5.91 Å². The number of amides is 1. The molecule has 0 saturated carbocycles. The lowest BCUT2D eigenvalue weighted by Gasteiger charge is -2.13. The molecule has 1 amide bonds. The summed E-state index contributed by atoms with van der Waals surface area (Å²) in [5, 5.41) is 2.67. The van der Waals surface area contributed by atoms with Gasteiger partial charge in [0.05, 0.1) is 4.90 Å². The van der Waals surface area contributed by atoms with E-state index in [-0.39, 0.29) is 16.5 Å². The van der Waals surface area contributed by atoms with Crippen molar-refractivity contribution in [1.29, 1.82) is 0 Å². The molecule has 2 aromatic carbocycles. The van der Waals surface area contributed by atoms with Crippen LogP contribution in [0.25, 0.3) is 0 Å². The minimum absolute atomic E-state index is 0.0304. The third-order valence-electron chi connectivity index (χ3n) is 3.57. The molecule has 9 heteroatoms. The van der Waals surface area contributed by atoms with Gasteiger partial charge in [-0.25, -0.2) is 8.42 Å². The fourth-order valence-corrected chi connectivity index (χ4v) is 4.16. The molecule has 0 bridgehead atoms. The molecule has 146 valence electrons. The zero-order valence-electron chi connectivity index (χ0n) is 14.8. The summed E-state index contributed by atoms with van der Waals surface area (Å²) in [5.41, 5.74) is 1.16. The fraction of sp³-hybridized carbons (Fsp3) is 0.278. The zero-order valence-corrected chi connectivity index (χ0v) is 16.5. The number of benzene rings is 2. The fourth-order valence-electron chi connectivity index (χ4n) is 2.33. The van der Waals surface area contributed by atoms with Crippen molar-refractivity contribution in [2.45, 2.75) is 42.2 Å². The average Bonchev–Trinajstić information content (AvgIpc) is 2.58. The van der Waals surface area contributed by atoms with Crippen LogP contribution in [0.2, 0.25) is 0 Å². The van der Waals surface area contributed by atoms with Gasteiger partial charge in [0.15, 0.2) is 0 Å². The number of carbonyl (C=O) groups excluding carboxylic acids is 1. The van der Waals surface area contributed by atoms with E-state index in [0.717, 1.165) is 0 Å². The van der Waals surface area contributed by atoms with Crippen LogP contribution in [0.4, 0.5) is 20.2 Å². The second kappa shape index (κ2) is 9.18. The number of sulfonamides is 1. The molecule has 0 aromatic heterocycles. The molecule has 0 atom stereocenters. The van der Waals surface area contributed by atoms with E-state index in [4.69, 9.17) is 0 Å². The molecule has 5 nitrogen and oxygen atoms in total. The first-order valence-corrected chi connectivity index (χ1v) is 10.6. The maximum atomic E-state index is 12.7. The molecule has 0 aliphatic carbocycles. The van der Waals surface area contributed by atoms with Crippen molar-refractivity contribution >= 4 is 39.1 Å². The summed E-state index contributed by atoms with van der Waals surface area (Å²) in [6, 6.07) is 10.3. The Morgan fingerprint density at radius 2 is 1.74 bits per heavy atom. The molecule has 0 radical (unpaired) electrons. The van der Waals surface area contributed by atoms with Crippen molar-refractivity contribution in [3.05, 3.63) is 48.0 Å². The first-order chi connectivity index (χ1) is 12.7. The number of aryl methyl sites for hydroxylation is 1. The van der Waals surface area contributed by atoms with Crippen LogP contribution < -0.4 is 10.0 Å². The largest absolute Gasteiger partial charge is 0.326 e. The highest BCUT2D eigenvalue weighted by atomic mass is 32.2. The van der Waals surface area contributed by atoms with E-state index < -0.39 is 15.8 Å². The Morgan fingerprint density at radius 3 is 2.33 bits per heavy atom. The Morgan fingerprint density at radius 1 is 1.11 bits per heavy atom. The minimum atomic E-state index is -3.91. The van der Waals surface area contributed by atoms with Crippen LogP contribution in [0.3, 0.4) is 0 Å². The molecule has 0 saturated heterocycles. The van der Waals surface area contributed by atoms with E-state index in [2.05, 4.69) is 10.0 Å². The monoisotopic (exact) mass is 414 g/mol. The summed E-state index contributed by atoms with van der Waals surface area (Å²) < 4.78 is 52.5. The lowest BCUT2D eigenvalue weighted by molar-refractivity contribution is -0.116. The van der Waals surface area contributed by atoms with Crippen molar-refractivity contribution in [2.24, 2.45) is 0 Å². The van der Waals surface area contributed by atoms with E-state index in [1.54, 1.807) is 19.1 Å². The first-order valence-electron chi connectivity index (χ1n) is 8.19. The van der Waals surface area contributed by atoms with Crippen molar-refractivity contribution < 1.29 is 22.0 Å². The molecule has 0 aliphatic heterocycles. The zero-order chi connectivity index (χ0) is 20.0. The summed E-state index contributed by atoms with van der Waals surface area (Å²) in [4.78, 5) is 12.1. The number of hydrogen-bond donors (Lipinski definition) is 2. The van der Waals surface area contributed by atoms with Gasteiger partial charge >= 0.3 is 0 Å². The smallest absolute Gasteiger partial charge is 0.288 e. The Balaban J connectivity index is 2.21. The molecule has 0 spiro atoms. The Labute approximate surface area is 161 Å². The molecule has 0 heterocycles. The predicted molar refractivity (Wildman–Crippen MR) is 104 cm³/mol. The van der Waals surface area contributed by atoms with Crippen LogP contribution in [-0.2, 0) is 14.8 Å². The molecular weight excluding hydrogens is 394 g/mol. The number of carbonyl (C=O) groups is 1. The minimum Gasteiger partial charge on any atom is -0.326 e. The highest BCUT2D eigenvalue weighted by molar-refractivity contribution is 7.99. The van der Waals surface area contributed by atoms with Crippen molar-refractivity contribution in [3.8, 4) is 0 Å². The first kappa shape index (κ1) is 21.2. The van der Waals surface area contributed by atoms with Gasteiger partial charge in [-0.05, 0) is 55.3 Å². The van der Waals surface area contributed by atoms with Gasteiger partial charge in [-0.3, -0.25) is 9.52 Å². The molecule has 2 rings (SSSR count). The third kappa shape index (κ3) is 6.21. The van der Waals surface area contributed by atoms with Crippen LogP contribution >= 0.6 is 11.8 Å². The average molecular weight is 414 g/mol. The molecule has 0 unspecified atom stereocenters. The van der Waals surface area contributed by atoms with Gasteiger partial charge in [-0.15, -0.1) is 0 Å². The topological polar surface area (TPSA) is 75.3 Å². The maximum absolute atomic E-state index is 12.7. The number of alkyl halides is 2. The molecule has 0 aliphatic rings. The normalized spacial score (nSPS) is 11.4. The summed E-state index contributed by atoms with van der Waals surface area (Å²) in [6.45, 7) is 3.52. The second-order valence-electron chi connectivity index (χ2n) is 5.79. The summed E-state index contributed by atoms with van der Waals surface area (Å²) >= 11 is 0.385. The Bertz CT molecular complexity index is 901.